The zero-order valence-corrected chi connectivity index (χ0v) is 13.6. The Morgan fingerprint density at radius 1 is 1.36 bits per heavy atom. The number of piperazine rings is 1. The molecule has 1 saturated heterocycles. The Balaban J connectivity index is 0.000000295. The topological polar surface area (TPSA) is 87.8 Å². The fourth-order valence-corrected chi connectivity index (χ4v) is 2.09. The van der Waals surface area contributed by atoms with E-state index in [4.69, 9.17) is 5.73 Å². The maximum absolute atomic E-state index is 9.60. The van der Waals surface area contributed by atoms with Crippen molar-refractivity contribution in [2.45, 2.75) is 33.0 Å². The predicted molar refractivity (Wildman–Crippen MR) is 88.8 cm³/mol. The fraction of sp³-hybridized carbons (Fsp3) is 0.562. The molecule has 1 aromatic carbocycles. The van der Waals surface area contributed by atoms with Crippen LogP contribution in [0.5, 0.6) is 0 Å². The lowest BCUT2D eigenvalue weighted by Crippen LogP contribution is -2.43. The molecule has 0 spiro atoms. The van der Waals surface area contributed by atoms with Crippen LogP contribution in [0.1, 0.15) is 26.3 Å². The normalized spacial score (nSPS) is 14.8. The van der Waals surface area contributed by atoms with Gasteiger partial charge in [-0.05, 0) is 39.0 Å². The number of carbonyl (C=O) groups is 1. The molecule has 6 nitrogen and oxygen atoms in total. The monoisotopic (exact) mass is 309 g/mol. The molecule has 1 aliphatic heterocycles. The second-order valence-electron chi connectivity index (χ2n) is 6.11. The van der Waals surface area contributed by atoms with Crippen LogP contribution >= 0.6 is 0 Å². The van der Waals surface area contributed by atoms with Crippen molar-refractivity contribution in [2.24, 2.45) is 0 Å². The predicted octanol–water partition coefficient (Wildman–Crippen LogP) is 1.13. The van der Waals surface area contributed by atoms with Gasteiger partial charge in [-0.1, -0.05) is 0 Å². The van der Waals surface area contributed by atoms with Gasteiger partial charge in [0.1, 0.15) is 5.60 Å². The molecule has 0 bridgehead atoms. The molecule has 0 atom stereocenters. The first-order chi connectivity index (χ1) is 10.4. The smallest absolute Gasteiger partial charge is 0.293 e. The highest BCUT2D eigenvalue weighted by atomic mass is 16.5. The Morgan fingerprint density at radius 2 is 2.00 bits per heavy atom. The molecule has 124 valence electrons. The lowest BCUT2D eigenvalue weighted by molar-refractivity contribution is -0.138. The third kappa shape index (κ3) is 6.32. The first-order valence-corrected chi connectivity index (χ1v) is 7.44. The Bertz CT molecular complexity index is 466. The van der Waals surface area contributed by atoms with Gasteiger partial charge < -0.3 is 25.8 Å². The van der Waals surface area contributed by atoms with Gasteiger partial charge in [-0.2, -0.15) is 0 Å². The highest BCUT2D eigenvalue weighted by Gasteiger charge is 2.13. The number of aliphatic hydroxyl groups excluding tert-OH is 1. The van der Waals surface area contributed by atoms with E-state index in [0.717, 1.165) is 37.4 Å². The molecule has 6 heteroatoms. The summed E-state index contributed by atoms with van der Waals surface area (Å²) < 4.78 is 4.55. The van der Waals surface area contributed by atoms with Crippen LogP contribution in [-0.4, -0.2) is 43.4 Å². The molecule has 0 unspecified atom stereocenters. The van der Waals surface area contributed by atoms with E-state index < -0.39 is 0 Å². The highest BCUT2D eigenvalue weighted by molar-refractivity contribution is 5.59. The van der Waals surface area contributed by atoms with Gasteiger partial charge in [-0.3, -0.25) is 4.79 Å². The van der Waals surface area contributed by atoms with Gasteiger partial charge in [0.05, 0.1) is 6.61 Å². The lowest BCUT2D eigenvalue weighted by Gasteiger charge is -2.31. The zero-order valence-electron chi connectivity index (χ0n) is 13.6. The van der Waals surface area contributed by atoms with Crippen molar-refractivity contribution in [1.29, 1.82) is 0 Å². The van der Waals surface area contributed by atoms with Crippen molar-refractivity contribution in [3.63, 3.8) is 0 Å². The number of nitrogens with two attached hydrogens (primary N) is 1. The number of rotatable bonds is 3. The van der Waals surface area contributed by atoms with Gasteiger partial charge in [-0.15, -0.1) is 0 Å². The van der Waals surface area contributed by atoms with Crippen molar-refractivity contribution in [3.05, 3.63) is 23.8 Å². The summed E-state index contributed by atoms with van der Waals surface area (Å²) in [6.07, 6.45) is 0. The summed E-state index contributed by atoms with van der Waals surface area (Å²) in [5, 5.41) is 12.6. The molecule has 1 aromatic rings. The van der Waals surface area contributed by atoms with E-state index in [2.05, 4.69) is 15.0 Å². The van der Waals surface area contributed by atoms with Gasteiger partial charge in [-0.25, -0.2) is 0 Å². The minimum Gasteiger partial charge on any atom is -0.462 e. The van der Waals surface area contributed by atoms with Crippen LogP contribution in [0.15, 0.2) is 18.2 Å². The molecule has 2 rings (SSSR count). The summed E-state index contributed by atoms with van der Waals surface area (Å²) in [5.41, 5.74) is 8.10. The molecule has 1 aliphatic rings. The van der Waals surface area contributed by atoms with Gasteiger partial charge in [0, 0.05) is 43.1 Å². The highest BCUT2D eigenvalue weighted by Crippen LogP contribution is 2.23. The Morgan fingerprint density at radius 3 is 2.45 bits per heavy atom. The zero-order chi connectivity index (χ0) is 16.6. The number of aliphatic hydroxyl groups is 1. The van der Waals surface area contributed by atoms with E-state index in [0.29, 0.717) is 12.2 Å². The quantitative estimate of drug-likeness (QED) is 0.573. The van der Waals surface area contributed by atoms with Crippen molar-refractivity contribution in [1.82, 2.24) is 5.32 Å². The molecular weight excluding hydrogens is 282 g/mol. The first-order valence-electron chi connectivity index (χ1n) is 7.44. The van der Waals surface area contributed by atoms with Crippen LogP contribution in [-0.2, 0) is 16.1 Å². The van der Waals surface area contributed by atoms with E-state index in [1.165, 1.54) is 0 Å². The summed E-state index contributed by atoms with van der Waals surface area (Å²) in [7, 11) is 0. The van der Waals surface area contributed by atoms with Crippen molar-refractivity contribution >= 4 is 17.8 Å². The summed E-state index contributed by atoms with van der Waals surface area (Å²) in [6, 6.07) is 5.72. The standard InChI is InChI=1S/C11H17N3O.C5H10O2/c12-10-1-2-11(9(7-10)8-15)14-5-3-13-4-6-14;1-5(2,3)7-4-6/h1-2,7,13,15H,3-6,8,12H2;4H,1-3H3. The minimum atomic E-state index is -0.318. The SMILES string of the molecule is CC(C)(C)OC=O.Nc1ccc(N2CCNCC2)c(CO)c1. The minimum absolute atomic E-state index is 0.0459. The van der Waals surface area contributed by atoms with Crippen LogP contribution in [0.3, 0.4) is 0 Å². The molecular formula is C16H27N3O3. The van der Waals surface area contributed by atoms with E-state index in [9.17, 15) is 9.90 Å². The molecule has 0 amide bonds. The molecule has 0 aliphatic carbocycles. The number of nitrogens with one attached hydrogen (secondary N) is 1. The fourth-order valence-electron chi connectivity index (χ4n) is 2.09. The number of nitrogen functional groups attached to an aromatic ring is 1. The Kier molecular flexibility index (Phi) is 7.14. The second-order valence-corrected chi connectivity index (χ2v) is 6.11. The van der Waals surface area contributed by atoms with Crippen LogP contribution in [0.4, 0.5) is 11.4 Å². The third-order valence-electron chi connectivity index (χ3n) is 3.13. The van der Waals surface area contributed by atoms with Gasteiger partial charge >= 0.3 is 0 Å². The van der Waals surface area contributed by atoms with Crippen molar-refractivity contribution < 1.29 is 14.6 Å². The van der Waals surface area contributed by atoms with E-state index in [-0.39, 0.29) is 12.2 Å². The largest absolute Gasteiger partial charge is 0.462 e. The second kappa shape index (κ2) is 8.60. The van der Waals surface area contributed by atoms with Gasteiger partial charge in [0.25, 0.3) is 6.47 Å². The molecule has 4 N–H and O–H groups in total. The van der Waals surface area contributed by atoms with E-state index in [1.807, 2.05) is 39.0 Å². The number of hydrogen-bond acceptors (Lipinski definition) is 6. The van der Waals surface area contributed by atoms with Crippen molar-refractivity contribution in [2.75, 3.05) is 36.8 Å². The average Bonchev–Trinajstić information content (AvgIpc) is 2.47. The average molecular weight is 309 g/mol. The van der Waals surface area contributed by atoms with Gasteiger partial charge in [0.15, 0.2) is 0 Å². The van der Waals surface area contributed by atoms with Crippen LogP contribution < -0.4 is 16.0 Å². The number of nitrogens with zero attached hydrogens (tertiary/aromatic N) is 1. The van der Waals surface area contributed by atoms with Gasteiger partial charge in [0.2, 0.25) is 0 Å². The van der Waals surface area contributed by atoms with Crippen LogP contribution in [0, 0.1) is 0 Å². The Hall–Kier alpha value is -1.79. The van der Waals surface area contributed by atoms with E-state index >= 15 is 0 Å². The molecule has 1 fully saturated rings. The molecule has 0 saturated carbocycles. The molecule has 0 aromatic heterocycles. The maximum Gasteiger partial charge on any atom is 0.293 e. The number of hydrogen-bond donors (Lipinski definition) is 3. The third-order valence-corrected chi connectivity index (χ3v) is 3.13. The number of ether oxygens (including phenoxy) is 1. The summed E-state index contributed by atoms with van der Waals surface area (Å²) in [6.45, 7) is 9.92. The summed E-state index contributed by atoms with van der Waals surface area (Å²) in [4.78, 5) is 11.9. The molecule has 0 radical (unpaired) electrons. The first kappa shape index (κ1) is 18.3. The molecule has 22 heavy (non-hydrogen) atoms. The number of benzene rings is 1. The van der Waals surface area contributed by atoms with E-state index in [1.54, 1.807) is 0 Å². The maximum atomic E-state index is 9.60. The Labute approximate surface area is 132 Å². The summed E-state index contributed by atoms with van der Waals surface area (Å²) in [5.74, 6) is 0. The summed E-state index contributed by atoms with van der Waals surface area (Å²) >= 11 is 0. The number of carbonyl (C=O) groups excluding carboxylic acids is 1. The molecule has 1 heterocycles. The van der Waals surface area contributed by atoms with Crippen LogP contribution in [0.2, 0.25) is 0 Å². The lowest BCUT2D eigenvalue weighted by atomic mass is 10.1. The van der Waals surface area contributed by atoms with Crippen LogP contribution in [0.25, 0.3) is 0 Å². The van der Waals surface area contributed by atoms with Crippen molar-refractivity contribution in [3.8, 4) is 0 Å². The number of anilines is 2.